The van der Waals surface area contributed by atoms with Crippen molar-refractivity contribution in [3.05, 3.63) is 35.4 Å². The van der Waals surface area contributed by atoms with Gasteiger partial charge in [-0.15, -0.1) is 0 Å². The minimum absolute atomic E-state index is 0.0195. The van der Waals surface area contributed by atoms with E-state index in [1.165, 1.54) is 6.07 Å². The van der Waals surface area contributed by atoms with Crippen LogP contribution in [0.2, 0.25) is 0 Å². The smallest absolute Gasteiger partial charge is 0.264 e. The van der Waals surface area contributed by atoms with Crippen LogP contribution in [-0.4, -0.2) is 29.1 Å². The Morgan fingerprint density at radius 3 is 2.37 bits per heavy atom. The highest BCUT2D eigenvalue weighted by Crippen LogP contribution is 2.46. The number of rotatable bonds is 2. The standard InChI is InChI=1S/C15H19F2NO/c1-18-10-6-7-11(18)9-15(19,8-10)13-5-3-2-4-12(13)14(16)17/h2-5,10-11,14,19H,6-9H2,1H3. The zero-order valence-corrected chi connectivity index (χ0v) is 11.0. The molecule has 0 aromatic heterocycles. The van der Waals surface area contributed by atoms with Gasteiger partial charge < -0.3 is 10.0 Å². The quantitative estimate of drug-likeness (QED) is 0.890. The molecule has 2 bridgehead atoms. The fraction of sp³-hybridized carbons (Fsp3) is 0.600. The monoisotopic (exact) mass is 267 g/mol. The molecule has 2 atom stereocenters. The summed E-state index contributed by atoms with van der Waals surface area (Å²) >= 11 is 0. The Hall–Kier alpha value is -1.00. The lowest BCUT2D eigenvalue weighted by molar-refractivity contribution is -0.0516. The maximum Gasteiger partial charge on any atom is 0.264 e. The Kier molecular flexibility index (Phi) is 3.10. The van der Waals surface area contributed by atoms with Crippen molar-refractivity contribution in [2.24, 2.45) is 0 Å². The molecule has 1 aromatic rings. The molecule has 0 aliphatic carbocycles. The molecule has 2 fully saturated rings. The SMILES string of the molecule is CN1C2CCC1CC(O)(c1ccccc1C(F)F)C2. The van der Waals surface area contributed by atoms with E-state index in [-0.39, 0.29) is 5.56 Å². The summed E-state index contributed by atoms with van der Waals surface area (Å²) in [5.41, 5.74) is -0.685. The fourth-order valence-corrected chi connectivity index (χ4v) is 3.78. The molecule has 104 valence electrons. The molecule has 3 rings (SSSR count). The summed E-state index contributed by atoms with van der Waals surface area (Å²) in [7, 11) is 2.07. The molecule has 2 aliphatic heterocycles. The minimum Gasteiger partial charge on any atom is -0.385 e. The molecule has 2 aliphatic rings. The number of halogens is 2. The predicted molar refractivity (Wildman–Crippen MR) is 69.1 cm³/mol. The minimum atomic E-state index is -2.53. The van der Waals surface area contributed by atoms with E-state index in [0.29, 0.717) is 30.5 Å². The van der Waals surface area contributed by atoms with E-state index in [4.69, 9.17) is 0 Å². The van der Waals surface area contributed by atoms with Gasteiger partial charge in [0.05, 0.1) is 5.60 Å². The number of nitrogens with zero attached hydrogens (tertiary/aromatic N) is 1. The van der Waals surface area contributed by atoms with Gasteiger partial charge in [0.25, 0.3) is 6.43 Å². The molecule has 1 N–H and O–H groups in total. The molecular weight excluding hydrogens is 248 g/mol. The van der Waals surface area contributed by atoms with Crippen LogP contribution in [0, 0.1) is 0 Å². The van der Waals surface area contributed by atoms with Crippen molar-refractivity contribution in [3.63, 3.8) is 0 Å². The first-order valence-electron chi connectivity index (χ1n) is 6.83. The Balaban J connectivity index is 1.98. The summed E-state index contributed by atoms with van der Waals surface area (Å²) in [6.07, 6.45) is 0.700. The summed E-state index contributed by atoms with van der Waals surface area (Å²) in [4.78, 5) is 2.29. The van der Waals surface area contributed by atoms with Crippen LogP contribution in [0.15, 0.2) is 24.3 Å². The molecule has 0 amide bonds. The molecule has 2 saturated heterocycles. The van der Waals surface area contributed by atoms with Crippen LogP contribution in [0.3, 0.4) is 0 Å². The van der Waals surface area contributed by atoms with E-state index in [1.807, 2.05) is 0 Å². The Morgan fingerprint density at radius 2 is 1.79 bits per heavy atom. The molecular formula is C15H19F2NO. The molecule has 1 aromatic carbocycles. The van der Waals surface area contributed by atoms with Crippen LogP contribution in [0.25, 0.3) is 0 Å². The van der Waals surface area contributed by atoms with E-state index in [0.717, 1.165) is 12.8 Å². The number of hydrogen-bond acceptors (Lipinski definition) is 2. The van der Waals surface area contributed by atoms with Crippen molar-refractivity contribution in [1.82, 2.24) is 4.90 Å². The highest BCUT2D eigenvalue weighted by atomic mass is 19.3. The van der Waals surface area contributed by atoms with E-state index >= 15 is 0 Å². The lowest BCUT2D eigenvalue weighted by atomic mass is 9.79. The highest BCUT2D eigenvalue weighted by Gasteiger charge is 2.47. The summed E-state index contributed by atoms with van der Waals surface area (Å²) < 4.78 is 26.2. The van der Waals surface area contributed by atoms with Crippen molar-refractivity contribution >= 4 is 0 Å². The number of aliphatic hydroxyl groups is 1. The normalized spacial score (nSPS) is 35.0. The largest absolute Gasteiger partial charge is 0.385 e. The third-order valence-electron chi connectivity index (χ3n) is 4.83. The lowest BCUT2D eigenvalue weighted by Gasteiger charge is -2.43. The molecule has 19 heavy (non-hydrogen) atoms. The third kappa shape index (κ3) is 2.07. The molecule has 0 saturated carbocycles. The van der Waals surface area contributed by atoms with Crippen LogP contribution < -0.4 is 0 Å². The molecule has 2 unspecified atom stereocenters. The Labute approximate surface area is 112 Å². The maximum atomic E-state index is 13.1. The molecule has 4 heteroatoms. The van der Waals surface area contributed by atoms with E-state index in [1.54, 1.807) is 18.2 Å². The summed E-state index contributed by atoms with van der Waals surface area (Å²) in [5, 5.41) is 10.9. The summed E-state index contributed by atoms with van der Waals surface area (Å²) in [6.45, 7) is 0. The second-order valence-corrected chi connectivity index (χ2v) is 5.88. The zero-order chi connectivity index (χ0) is 13.6. The molecule has 2 heterocycles. The van der Waals surface area contributed by atoms with Crippen LogP contribution in [0.1, 0.15) is 43.2 Å². The van der Waals surface area contributed by atoms with Gasteiger partial charge in [-0.05, 0) is 38.3 Å². The van der Waals surface area contributed by atoms with Gasteiger partial charge in [0, 0.05) is 17.6 Å². The first kappa shape index (κ1) is 13.0. The van der Waals surface area contributed by atoms with Crippen LogP contribution in [0.4, 0.5) is 8.78 Å². The summed E-state index contributed by atoms with van der Waals surface area (Å²) in [5.74, 6) is 0. The van der Waals surface area contributed by atoms with E-state index in [9.17, 15) is 13.9 Å². The van der Waals surface area contributed by atoms with Gasteiger partial charge in [-0.25, -0.2) is 8.78 Å². The van der Waals surface area contributed by atoms with Crippen molar-refractivity contribution in [3.8, 4) is 0 Å². The van der Waals surface area contributed by atoms with E-state index in [2.05, 4.69) is 11.9 Å². The van der Waals surface area contributed by atoms with E-state index < -0.39 is 12.0 Å². The average molecular weight is 267 g/mol. The molecule has 0 radical (unpaired) electrons. The number of piperidine rings is 1. The molecule has 2 nitrogen and oxygen atoms in total. The van der Waals surface area contributed by atoms with Gasteiger partial charge in [0.1, 0.15) is 0 Å². The highest BCUT2D eigenvalue weighted by molar-refractivity contribution is 5.34. The zero-order valence-electron chi connectivity index (χ0n) is 11.0. The number of fused-ring (bicyclic) bond motifs is 2. The van der Waals surface area contributed by atoms with Gasteiger partial charge in [-0.1, -0.05) is 24.3 Å². The Bertz CT molecular complexity index is 463. The van der Waals surface area contributed by atoms with Gasteiger partial charge in [0.15, 0.2) is 0 Å². The fourth-order valence-electron chi connectivity index (χ4n) is 3.78. The van der Waals surface area contributed by atoms with Crippen molar-refractivity contribution < 1.29 is 13.9 Å². The van der Waals surface area contributed by atoms with Crippen molar-refractivity contribution in [1.29, 1.82) is 0 Å². The molecule has 0 spiro atoms. The average Bonchev–Trinajstić information content (AvgIpc) is 2.63. The van der Waals surface area contributed by atoms with Crippen molar-refractivity contribution in [2.75, 3.05) is 7.05 Å². The van der Waals surface area contributed by atoms with Crippen LogP contribution >= 0.6 is 0 Å². The first-order valence-corrected chi connectivity index (χ1v) is 6.83. The van der Waals surface area contributed by atoms with Crippen LogP contribution in [0.5, 0.6) is 0 Å². The van der Waals surface area contributed by atoms with Gasteiger partial charge >= 0.3 is 0 Å². The van der Waals surface area contributed by atoms with Gasteiger partial charge in [-0.3, -0.25) is 0 Å². The third-order valence-corrected chi connectivity index (χ3v) is 4.83. The number of hydrogen-bond donors (Lipinski definition) is 1. The Morgan fingerprint density at radius 1 is 1.21 bits per heavy atom. The number of benzene rings is 1. The van der Waals surface area contributed by atoms with Gasteiger partial charge in [-0.2, -0.15) is 0 Å². The lowest BCUT2D eigenvalue weighted by Crippen LogP contribution is -2.48. The van der Waals surface area contributed by atoms with Gasteiger partial charge in [0.2, 0.25) is 0 Å². The van der Waals surface area contributed by atoms with Crippen LogP contribution in [-0.2, 0) is 5.60 Å². The maximum absolute atomic E-state index is 13.1. The van der Waals surface area contributed by atoms with Crippen molar-refractivity contribution in [2.45, 2.75) is 49.8 Å². The second kappa shape index (κ2) is 4.53. The topological polar surface area (TPSA) is 23.5 Å². The number of alkyl halides is 2. The first-order chi connectivity index (χ1) is 9.01. The second-order valence-electron chi connectivity index (χ2n) is 5.88. The summed E-state index contributed by atoms with van der Waals surface area (Å²) in [6, 6.07) is 7.06. The predicted octanol–water partition coefficient (Wildman–Crippen LogP) is 3.07.